The summed E-state index contributed by atoms with van der Waals surface area (Å²) < 4.78 is 18.9. The Hall–Kier alpha value is -1.76. The van der Waals surface area contributed by atoms with E-state index in [2.05, 4.69) is 16.3 Å². The minimum Gasteiger partial charge on any atom is -0.370 e. The molecule has 1 amide bonds. The van der Waals surface area contributed by atoms with E-state index in [0.29, 0.717) is 26.2 Å². The van der Waals surface area contributed by atoms with Gasteiger partial charge in [-0.1, -0.05) is 12.1 Å². The van der Waals surface area contributed by atoms with Crippen molar-refractivity contribution in [3.05, 3.63) is 57.5 Å². The Labute approximate surface area is 150 Å². The lowest BCUT2D eigenvalue weighted by Gasteiger charge is -2.35. The van der Waals surface area contributed by atoms with Crippen molar-refractivity contribution in [2.24, 2.45) is 0 Å². The van der Waals surface area contributed by atoms with Crippen LogP contribution < -0.4 is 0 Å². The molecule has 2 aliphatic heterocycles. The highest BCUT2D eigenvalue weighted by atomic mass is 32.1. The van der Waals surface area contributed by atoms with Crippen molar-refractivity contribution in [3.8, 4) is 0 Å². The summed E-state index contributed by atoms with van der Waals surface area (Å²) >= 11 is 1.81. The number of ether oxygens (including phenoxy) is 1. The molecule has 0 bridgehead atoms. The van der Waals surface area contributed by atoms with Gasteiger partial charge in [-0.25, -0.2) is 4.39 Å². The number of carbonyl (C=O) groups excluding carboxylic acids is 1. The van der Waals surface area contributed by atoms with Gasteiger partial charge in [0.05, 0.1) is 19.7 Å². The number of nitrogens with zero attached hydrogens (tertiary/aromatic N) is 2. The highest BCUT2D eigenvalue weighted by Gasteiger charge is 2.27. The molecule has 132 valence electrons. The predicted molar refractivity (Wildman–Crippen MR) is 95.0 cm³/mol. The normalized spacial score (nSPS) is 21.2. The van der Waals surface area contributed by atoms with Gasteiger partial charge < -0.3 is 9.64 Å². The third kappa shape index (κ3) is 3.76. The Morgan fingerprint density at radius 1 is 1.24 bits per heavy atom. The average Bonchev–Trinajstić information content (AvgIpc) is 3.10. The quantitative estimate of drug-likeness (QED) is 0.844. The van der Waals surface area contributed by atoms with Crippen molar-refractivity contribution < 1.29 is 13.9 Å². The van der Waals surface area contributed by atoms with Gasteiger partial charge in [0.2, 0.25) is 5.91 Å². The molecule has 1 atom stereocenters. The molecule has 0 N–H and O–H groups in total. The molecule has 0 spiro atoms. The highest BCUT2D eigenvalue weighted by Crippen LogP contribution is 2.25. The third-order valence-electron chi connectivity index (χ3n) is 4.91. The van der Waals surface area contributed by atoms with Crippen molar-refractivity contribution in [1.29, 1.82) is 0 Å². The molecule has 25 heavy (non-hydrogen) atoms. The van der Waals surface area contributed by atoms with E-state index in [4.69, 9.17) is 4.74 Å². The molecular weight excluding hydrogens is 339 g/mol. The Kier molecular flexibility index (Phi) is 4.83. The lowest BCUT2D eigenvalue weighted by molar-refractivity contribution is -0.140. The summed E-state index contributed by atoms with van der Waals surface area (Å²) in [5.41, 5.74) is 2.27. The second-order valence-corrected chi connectivity index (χ2v) is 7.58. The van der Waals surface area contributed by atoms with Crippen LogP contribution in [0.4, 0.5) is 4.39 Å². The van der Waals surface area contributed by atoms with Crippen molar-refractivity contribution in [1.82, 2.24) is 9.80 Å². The first-order valence-electron chi connectivity index (χ1n) is 8.61. The third-order valence-corrected chi connectivity index (χ3v) is 5.93. The maximum Gasteiger partial charge on any atom is 0.236 e. The van der Waals surface area contributed by atoms with Crippen LogP contribution in [0, 0.1) is 5.82 Å². The second-order valence-electron chi connectivity index (χ2n) is 6.58. The molecular formula is C19H21FN2O2S. The summed E-state index contributed by atoms with van der Waals surface area (Å²) in [6.07, 6.45) is 0.852. The fourth-order valence-corrected chi connectivity index (χ4v) is 4.38. The van der Waals surface area contributed by atoms with Crippen LogP contribution >= 0.6 is 11.3 Å². The van der Waals surface area contributed by atoms with Crippen molar-refractivity contribution in [2.45, 2.75) is 19.1 Å². The minimum absolute atomic E-state index is 0.147. The van der Waals surface area contributed by atoms with Crippen LogP contribution in [0.15, 0.2) is 35.7 Å². The minimum atomic E-state index is -0.259. The van der Waals surface area contributed by atoms with E-state index in [1.54, 1.807) is 12.1 Å². The molecule has 3 heterocycles. The van der Waals surface area contributed by atoms with Crippen molar-refractivity contribution >= 4 is 17.2 Å². The first-order chi connectivity index (χ1) is 12.2. The Morgan fingerprint density at radius 2 is 2.08 bits per heavy atom. The van der Waals surface area contributed by atoms with E-state index >= 15 is 0 Å². The molecule has 6 heteroatoms. The van der Waals surface area contributed by atoms with Gasteiger partial charge in [0.15, 0.2) is 0 Å². The number of thiophene rings is 1. The van der Waals surface area contributed by atoms with Gasteiger partial charge >= 0.3 is 0 Å². The van der Waals surface area contributed by atoms with Crippen LogP contribution in [0.25, 0.3) is 0 Å². The van der Waals surface area contributed by atoms with Crippen LogP contribution in [0.1, 0.15) is 22.1 Å². The molecule has 1 aromatic carbocycles. The van der Waals surface area contributed by atoms with E-state index in [1.165, 1.54) is 22.6 Å². The first-order valence-corrected chi connectivity index (χ1v) is 9.49. The van der Waals surface area contributed by atoms with Gasteiger partial charge in [-0.2, -0.15) is 0 Å². The monoisotopic (exact) mass is 360 g/mol. The SMILES string of the molecule is O=C(CN1CCc2sccc2C1)N1CCO[C@H](c2ccc(F)cc2)C1. The summed E-state index contributed by atoms with van der Waals surface area (Å²) in [5.74, 6) is -0.112. The molecule has 2 aromatic rings. The smallest absolute Gasteiger partial charge is 0.236 e. The lowest BCUT2D eigenvalue weighted by Crippen LogP contribution is -2.47. The molecule has 0 radical (unpaired) electrons. The maximum absolute atomic E-state index is 13.1. The predicted octanol–water partition coefficient (Wildman–Crippen LogP) is 2.85. The van der Waals surface area contributed by atoms with Crippen LogP contribution in [-0.2, 0) is 22.5 Å². The Bertz CT molecular complexity index is 746. The van der Waals surface area contributed by atoms with Crippen LogP contribution in [0.2, 0.25) is 0 Å². The van der Waals surface area contributed by atoms with E-state index in [-0.39, 0.29) is 17.8 Å². The molecule has 0 saturated carbocycles. The second kappa shape index (κ2) is 7.23. The Morgan fingerprint density at radius 3 is 2.92 bits per heavy atom. The number of amides is 1. The molecule has 1 saturated heterocycles. The van der Waals surface area contributed by atoms with Gasteiger partial charge in [-0.05, 0) is 41.1 Å². The van der Waals surface area contributed by atoms with Crippen LogP contribution in [-0.4, -0.2) is 48.5 Å². The number of hydrogen-bond acceptors (Lipinski definition) is 4. The number of rotatable bonds is 3. The molecule has 1 fully saturated rings. The number of morpholine rings is 1. The van der Waals surface area contributed by atoms with E-state index in [0.717, 1.165) is 25.1 Å². The summed E-state index contributed by atoms with van der Waals surface area (Å²) in [4.78, 5) is 18.3. The van der Waals surface area contributed by atoms with E-state index < -0.39 is 0 Å². The molecule has 0 unspecified atom stereocenters. The molecule has 4 nitrogen and oxygen atoms in total. The van der Waals surface area contributed by atoms with Gasteiger partial charge in [-0.3, -0.25) is 9.69 Å². The summed E-state index contributed by atoms with van der Waals surface area (Å²) in [7, 11) is 0. The standard InChI is InChI=1S/C19H21FN2O2S/c20-16-3-1-14(2-4-16)17-12-22(8-9-24-17)19(23)13-21-7-5-18-15(11-21)6-10-25-18/h1-4,6,10,17H,5,7-9,11-13H2/t17-/m0/s1. The zero-order chi connectivity index (χ0) is 17.2. The van der Waals surface area contributed by atoms with E-state index in [1.807, 2.05) is 16.2 Å². The zero-order valence-electron chi connectivity index (χ0n) is 14.0. The summed E-state index contributed by atoms with van der Waals surface area (Å²) in [6.45, 7) is 3.91. The highest BCUT2D eigenvalue weighted by molar-refractivity contribution is 7.10. The van der Waals surface area contributed by atoms with Crippen molar-refractivity contribution in [2.75, 3.05) is 32.8 Å². The summed E-state index contributed by atoms with van der Waals surface area (Å²) in [5, 5.41) is 2.13. The fourth-order valence-electron chi connectivity index (χ4n) is 3.49. The van der Waals surface area contributed by atoms with Gasteiger partial charge in [0.25, 0.3) is 0 Å². The van der Waals surface area contributed by atoms with E-state index in [9.17, 15) is 9.18 Å². The van der Waals surface area contributed by atoms with Crippen molar-refractivity contribution in [3.63, 3.8) is 0 Å². The molecule has 2 aliphatic rings. The van der Waals surface area contributed by atoms with Crippen LogP contribution in [0.3, 0.4) is 0 Å². The number of hydrogen-bond donors (Lipinski definition) is 0. The number of carbonyl (C=O) groups is 1. The van der Waals surface area contributed by atoms with Crippen LogP contribution in [0.5, 0.6) is 0 Å². The molecule has 0 aliphatic carbocycles. The van der Waals surface area contributed by atoms with Gasteiger partial charge in [0, 0.05) is 24.5 Å². The summed E-state index contributed by atoms with van der Waals surface area (Å²) in [6, 6.07) is 8.50. The number of fused-ring (bicyclic) bond motifs is 1. The largest absolute Gasteiger partial charge is 0.370 e. The average molecular weight is 360 g/mol. The lowest BCUT2D eigenvalue weighted by atomic mass is 10.1. The topological polar surface area (TPSA) is 32.8 Å². The zero-order valence-corrected chi connectivity index (χ0v) is 14.8. The Balaban J connectivity index is 1.36. The first kappa shape index (κ1) is 16.7. The van der Waals surface area contributed by atoms with Gasteiger partial charge in [-0.15, -0.1) is 11.3 Å². The number of halogens is 1. The fraction of sp³-hybridized carbons (Fsp3) is 0.421. The van der Waals surface area contributed by atoms with Gasteiger partial charge in [0.1, 0.15) is 11.9 Å². The molecule has 4 rings (SSSR count). The number of benzene rings is 1. The maximum atomic E-state index is 13.1. The molecule has 1 aromatic heterocycles.